The van der Waals surface area contributed by atoms with Crippen molar-refractivity contribution < 1.29 is 4.74 Å². The molecule has 68 valence electrons. The van der Waals surface area contributed by atoms with Crippen LogP contribution in [0.25, 0.3) is 0 Å². The molecule has 4 heteroatoms. The van der Waals surface area contributed by atoms with Gasteiger partial charge in [0.2, 0.25) is 0 Å². The second kappa shape index (κ2) is 5.51. The number of halogens is 1. The van der Waals surface area contributed by atoms with Gasteiger partial charge in [-0.05, 0) is 12.8 Å². The van der Waals surface area contributed by atoms with Gasteiger partial charge in [-0.15, -0.1) is 22.9 Å². The predicted octanol–water partition coefficient (Wildman–Crippen LogP) is 2.46. The van der Waals surface area contributed by atoms with Gasteiger partial charge < -0.3 is 4.74 Å². The fourth-order valence-electron chi connectivity index (χ4n) is 0.901. The number of rotatable bonds is 5. The zero-order valence-electron chi connectivity index (χ0n) is 7.05. The summed E-state index contributed by atoms with van der Waals surface area (Å²) in [6.45, 7) is 0.617. The lowest BCUT2D eigenvalue weighted by Gasteiger charge is -1.92. The predicted molar refractivity (Wildman–Crippen MR) is 51.9 cm³/mol. The van der Waals surface area contributed by atoms with Gasteiger partial charge in [-0.2, -0.15) is 0 Å². The Morgan fingerprint density at radius 1 is 1.67 bits per heavy atom. The van der Waals surface area contributed by atoms with E-state index < -0.39 is 0 Å². The van der Waals surface area contributed by atoms with Crippen molar-refractivity contribution in [1.29, 1.82) is 0 Å². The maximum atomic E-state index is 5.57. The molecule has 12 heavy (non-hydrogen) atoms. The number of methoxy groups -OCH3 is 1. The fraction of sp³-hybridized carbons (Fsp3) is 0.625. The lowest BCUT2D eigenvalue weighted by molar-refractivity contribution is 0.184. The number of hydrogen-bond acceptors (Lipinski definition) is 3. The number of nitrogens with zero attached hydrogens (tertiary/aromatic N) is 1. The molecular formula is C8H12ClNOS. The van der Waals surface area contributed by atoms with Crippen LogP contribution >= 0.6 is 22.9 Å². The molecular weight excluding hydrogens is 194 g/mol. The highest BCUT2D eigenvalue weighted by Gasteiger charge is 2.00. The lowest BCUT2D eigenvalue weighted by atomic mass is 10.3. The minimum absolute atomic E-state index is 0.617. The van der Waals surface area contributed by atoms with Crippen molar-refractivity contribution in [2.24, 2.45) is 0 Å². The summed E-state index contributed by atoms with van der Waals surface area (Å²) in [6.07, 6.45) is 1.97. The Bertz CT molecular complexity index is 227. The number of hydrogen-bond donors (Lipinski definition) is 0. The molecule has 0 fully saturated rings. The summed E-state index contributed by atoms with van der Waals surface area (Å²) in [6, 6.07) is 0. The molecule has 1 aromatic heterocycles. The summed E-state index contributed by atoms with van der Waals surface area (Å²) in [5.74, 6) is 0.705. The summed E-state index contributed by atoms with van der Waals surface area (Å²) in [5, 5.41) is 3.11. The Morgan fingerprint density at radius 2 is 2.50 bits per heavy atom. The summed E-state index contributed by atoms with van der Waals surface area (Å²) in [5.41, 5.74) is 1.13. The Kier molecular flexibility index (Phi) is 4.58. The monoisotopic (exact) mass is 205 g/mol. The van der Waals surface area contributed by atoms with Gasteiger partial charge in [0.05, 0.1) is 12.3 Å². The summed E-state index contributed by atoms with van der Waals surface area (Å²) in [7, 11) is 1.68. The highest BCUT2D eigenvalue weighted by molar-refractivity contribution is 7.09. The second-order valence-corrected chi connectivity index (χ2v) is 3.78. The molecule has 0 spiro atoms. The molecule has 0 radical (unpaired) electrons. The SMILES string of the molecule is COCc1nc(CCCCl)cs1. The molecule has 0 saturated carbocycles. The second-order valence-electron chi connectivity index (χ2n) is 2.46. The molecule has 0 bridgehead atoms. The summed E-state index contributed by atoms with van der Waals surface area (Å²) < 4.78 is 4.97. The van der Waals surface area contributed by atoms with Gasteiger partial charge in [0, 0.05) is 18.4 Å². The zero-order valence-corrected chi connectivity index (χ0v) is 8.62. The smallest absolute Gasteiger partial charge is 0.119 e. The van der Waals surface area contributed by atoms with Crippen LogP contribution in [0.5, 0.6) is 0 Å². The number of ether oxygens (including phenoxy) is 1. The summed E-state index contributed by atoms with van der Waals surface area (Å²) in [4.78, 5) is 4.37. The van der Waals surface area contributed by atoms with Gasteiger partial charge in [-0.25, -0.2) is 4.98 Å². The third kappa shape index (κ3) is 3.09. The van der Waals surface area contributed by atoms with Crippen LogP contribution < -0.4 is 0 Å². The molecule has 0 aromatic carbocycles. The first-order valence-electron chi connectivity index (χ1n) is 3.85. The van der Waals surface area contributed by atoms with Gasteiger partial charge in [-0.1, -0.05) is 0 Å². The Morgan fingerprint density at radius 3 is 3.17 bits per heavy atom. The molecule has 0 amide bonds. The Labute approximate surface area is 81.5 Å². The normalized spacial score (nSPS) is 10.5. The van der Waals surface area contributed by atoms with Crippen molar-refractivity contribution in [3.8, 4) is 0 Å². The van der Waals surface area contributed by atoms with Crippen LogP contribution in [-0.2, 0) is 17.8 Å². The first kappa shape index (κ1) is 9.96. The van der Waals surface area contributed by atoms with Crippen LogP contribution in [0.4, 0.5) is 0 Å². The maximum absolute atomic E-state index is 5.57. The minimum Gasteiger partial charge on any atom is -0.378 e. The molecule has 0 N–H and O–H groups in total. The van der Waals surface area contributed by atoms with E-state index in [1.165, 1.54) is 0 Å². The van der Waals surface area contributed by atoms with E-state index in [2.05, 4.69) is 10.4 Å². The van der Waals surface area contributed by atoms with E-state index in [1.807, 2.05) is 0 Å². The average Bonchev–Trinajstić information content (AvgIpc) is 2.50. The number of alkyl halides is 1. The third-order valence-corrected chi connectivity index (χ3v) is 2.57. The largest absolute Gasteiger partial charge is 0.378 e. The van der Waals surface area contributed by atoms with Crippen LogP contribution in [0.15, 0.2) is 5.38 Å². The van der Waals surface area contributed by atoms with Crippen molar-refractivity contribution in [2.75, 3.05) is 13.0 Å². The molecule has 0 aliphatic carbocycles. The number of aryl methyl sites for hydroxylation is 1. The number of aromatic nitrogens is 1. The van der Waals surface area contributed by atoms with Crippen molar-refractivity contribution in [2.45, 2.75) is 19.4 Å². The molecule has 0 aliphatic rings. The van der Waals surface area contributed by atoms with Gasteiger partial charge >= 0.3 is 0 Å². The number of thiazole rings is 1. The van der Waals surface area contributed by atoms with Crippen LogP contribution in [0, 0.1) is 0 Å². The first-order valence-corrected chi connectivity index (χ1v) is 5.26. The van der Waals surface area contributed by atoms with Crippen molar-refractivity contribution >= 4 is 22.9 Å². The summed E-state index contributed by atoms with van der Waals surface area (Å²) >= 11 is 7.22. The maximum Gasteiger partial charge on any atom is 0.119 e. The average molecular weight is 206 g/mol. The van der Waals surface area contributed by atoms with Gasteiger partial charge in [-0.3, -0.25) is 0 Å². The highest BCUT2D eigenvalue weighted by atomic mass is 35.5. The highest BCUT2D eigenvalue weighted by Crippen LogP contribution is 2.12. The van der Waals surface area contributed by atoms with Crippen LogP contribution in [0.3, 0.4) is 0 Å². The molecule has 1 rings (SSSR count). The molecule has 0 aliphatic heterocycles. The van der Waals surface area contributed by atoms with Gasteiger partial charge in [0.25, 0.3) is 0 Å². The van der Waals surface area contributed by atoms with Crippen molar-refractivity contribution in [3.63, 3.8) is 0 Å². The lowest BCUT2D eigenvalue weighted by Crippen LogP contribution is -1.89. The van der Waals surface area contributed by atoms with E-state index >= 15 is 0 Å². The van der Waals surface area contributed by atoms with E-state index in [9.17, 15) is 0 Å². The standard InChI is InChI=1S/C8H12ClNOS/c1-11-5-8-10-7(6-12-8)3-2-4-9/h6H,2-5H2,1H3. The van der Waals surface area contributed by atoms with E-state index in [0.29, 0.717) is 12.5 Å². The van der Waals surface area contributed by atoms with E-state index in [-0.39, 0.29) is 0 Å². The molecule has 0 saturated heterocycles. The Hall–Kier alpha value is -0.120. The zero-order chi connectivity index (χ0) is 8.81. The van der Waals surface area contributed by atoms with Crippen LogP contribution in [0.1, 0.15) is 17.1 Å². The third-order valence-electron chi connectivity index (χ3n) is 1.43. The van der Waals surface area contributed by atoms with Crippen molar-refractivity contribution in [1.82, 2.24) is 4.98 Å². The molecule has 1 aromatic rings. The van der Waals surface area contributed by atoms with E-state index in [1.54, 1.807) is 18.4 Å². The minimum atomic E-state index is 0.617. The fourth-order valence-corrected chi connectivity index (χ4v) is 1.83. The topological polar surface area (TPSA) is 22.1 Å². The molecule has 0 unspecified atom stereocenters. The Balaban J connectivity index is 2.41. The van der Waals surface area contributed by atoms with Crippen LogP contribution in [-0.4, -0.2) is 18.0 Å². The van der Waals surface area contributed by atoms with Crippen molar-refractivity contribution in [3.05, 3.63) is 16.1 Å². The molecule has 1 heterocycles. The first-order chi connectivity index (χ1) is 5.86. The van der Waals surface area contributed by atoms with E-state index in [0.717, 1.165) is 23.5 Å². The van der Waals surface area contributed by atoms with Gasteiger partial charge in [0.1, 0.15) is 5.01 Å². The molecule has 0 atom stereocenters. The molecule has 2 nitrogen and oxygen atoms in total. The van der Waals surface area contributed by atoms with E-state index in [4.69, 9.17) is 16.3 Å². The van der Waals surface area contributed by atoms with Gasteiger partial charge in [0.15, 0.2) is 0 Å². The van der Waals surface area contributed by atoms with Crippen LogP contribution in [0.2, 0.25) is 0 Å². The quantitative estimate of drug-likeness (QED) is 0.689.